The van der Waals surface area contributed by atoms with Crippen LogP contribution in [0.5, 0.6) is 0 Å². The fourth-order valence-corrected chi connectivity index (χ4v) is 1.12. The van der Waals surface area contributed by atoms with Gasteiger partial charge in [-0.2, -0.15) is 5.10 Å². The van der Waals surface area contributed by atoms with Crippen molar-refractivity contribution >= 4 is 11.8 Å². The first kappa shape index (κ1) is 10.6. The van der Waals surface area contributed by atoms with E-state index in [0.717, 1.165) is 6.42 Å². The molecule has 0 fully saturated rings. The topological polar surface area (TPSA) is 70.1 Å². The molecule has 2 N–H and O–H groups in total. The number of nitrogens with zero attached hydrogens (tertiary/aromatic N) is 2. The Balaban J connectivity index is 2.18. The molecule has 0 bridgehead atoms. The fraction of sp³-hybridized carbons (Fsp3) is 0.556. The number of aromatic nitrogens is 2. The van der Waals surface area contributed by atoms with Crippen LogP contribution in [0.2, 0.25) is 0 Å². The number of aryl methyl sites for hydroxylation is 1. The number of ether oxygens (including phenoxy) is 1. The Bertz CT molecular complexity index is 296. The number of hydrogen-bond acceptors (Lipinski definition) is 4. The number of carbonyl (C=O) groups is 1. The van der Waals surface area contributed by atoms with Crippen molar-refractivity contribution in [3.8, 4) is 0 Å². The molecule has 0 saturated carbocycles. The summed E-state index contributed by atoms with van der Waals surface area (Å²) < 4.78 is 6.51. The number of nitrogen functional groups attached to an aromatic ring is 1. The van der Waals surface area contributed by atoms with Gasteiger partial charge in [0.15, 0.2) is 0 Å². The van der Waals surface area contributed by atoms with E-state index < -0.39 is 0 Å². The summed E-state index contributed by atoms with van der Waals surface area (Å²) in [6, 6.07) is 1.73. The van der Waals surface area contributed by atoms with Crippen LogP contribution < -0.4 is 5.73 Å². The van der Waals surface area contributed by atoms with Gasteiger partial charge in [-0.25, -0.2) is 0 Å². The molecule has 1 aromatic heterocycles. The molecule has 0 radical (unpaired) electrons. The van der Waals surface area contributed by atoms with Crippen LogP contribution >= 0.6 is 0 Å². The Kier molecular flexibility index (Phi) is 3.97. The van der Waals surface area contributed by atoms with E-state index in [1.807, 2.05) is 0 Å². The van der Waals surface area contributed by atoms with E-state index in [1.54, 1.807) is 23.9 Å². The highest BCUT2D eigenvalue weighted by Crippen LogP contribution is 2.00. The Morgan fingerprint density at radius 1 is 1.71 bits per heavy atom. The van der Waals surface area contributed by atoms with Crippen LogP contribution in [-0.4, -0.2) is 22.4 Å². The summed E-state index contributed by atoms with van der Waals surface area (Å²) in [6.45, 7) is 2.93. The normalized spacial score (nSPS) is 10.1. The van der Waals surface area contributed by atoms with Gasteiger partial charge in [0.2, 0.25) is 0 Å². The van der Waals surface area contributed by atoms with Gasteiger partial charge in [-0.15, -0.1) is 0 Å². The lowest BCUT2D eigenvalue weighted by molar-refractivity contribution is -0.143. The number of anilines is 1. The lowest BCUT2D eigenvalue weighted by Crippen LogP contribution is -2.06. The third kappa shape index (κ3) is 3.47. The van der Waals surface area contributed by atoms with Gasteiger partial charge in [0, 0.05) is 19.2 Å². The average molecular weight is 197 g/mol. The summed E-state index contributed by atoms with van der Waals surface area (Å²) in [7, 11) is 0. The Morgan fingerprint density at radius 3 is 3.07 bits per heavy atom. The van der Waals surface area contributed by atoms with Crippen LogP contribution in [-0.2, 0) is 16.1 Å². The summed E-state index contributed by atoms with van der Waals surface area (Å²) in [5, 5.41) is 4.00. The first-order chi connectivity index (χ1) is 6.72. The maximum Gasteiger partial charge on any atom is 0.305 e. The Morgan fingerprint density at radius 2 is 2.50 bits per heavy atom. The minimum absolute atomic E-state index is 0.160. The minimum Gasteiger partial charge on any atom is -0.466 e. The third-order valence-corrected chi connectivity index (χ3v) is 1.73. The van der Waals surface area contributed by atoms with Crippen molar-refractivity contribution in [3.63, 3.8) is 0 Å². The number of carbonyl (C=O) groups excluding carboxylic acids is 1. The molecule has 5 nitrogen and oxygen atoms in total. The van der Waals surface area contributed by atoms with Gasteiger partial charge in [0.05, 0.1) is 6.61 Å². The van der Waals surface area contributed by atoms with Gasteiger partial charge < -0.3 is 10.5 Å². The van der Waals surface area contributed by atoms with Gasteiger partial charge in [0.1, 0.15) is 5.82 Å². The van der Waals surface area contributed by atoms with E-state index in [4.69, 9.17) is 10.5 Å². The van der Waals surface area contributed by atoms with E-state index in [0.29, 0.717) is 25.4 Å². The van der Waals surface area contributed by atoms with Crippen LogP contribution in [0, 0.1) is 0 Å². The highest BCUT2D eigenvalue weighted by molar-refractivity contribution is 5.69. The maximum atomic E-state index is 11.0. The molecule has 0 aliphatic rings. The first-order valence-corrected chi connectivity index (χ1v) is 4.67. The summed E-state index contributed by atoms with van der Waals surface area (Å²) >= 11 is 0. The van der Waals surface area contributed by atoms with Crippen LogP contribution in [0.1, 0.15) is 19.8 Å². The highest BCUT2D eigenvalue weighted by Gasteiger charge is 2.01. The molecule has 0 aliphatic carbocycles. The summed E-state index contributed by atoms with van der Waals surface area (Å²) in [5.41, 5.74) is 5.43. The van der Waals surface area contributed by atoms with Crippen LogP contribution in [0.3, 0.4) is 0 Å². The van der Waals surface area contributed by atoms with Crippen molar-refractivity contribution in [3.05, 3.63) is 12.3 Å². The molecule has 0 unspecified atom stereocenters. The van der Waals surface area contributed by atoms with Crippen LogP contribution in [0.25, 0.3) is 0 Å². The van der Waals surface area contributed by atoms with Gasteiger partial charge in [-0.05, 0) is 19.4 Å². The van der Waals surface area contributed by atoms with Crippen LogP contribution in [0.15, 0.2) is 12.3 Å². The summed E-state index contributed by atoms with van der Waals surface area (Å²) in [5.74, 6) is 0.341. The van der Waals surface area contributed by atoms with Gasteiger partial charge in [-0.1, -0.05) is 0 Å². The van der Waals surface area contributed by atoms with Crippen LogP contribution in [0.4, 0.5) is 5.82 Å². The lowest BCUT2D eigenvalue weighted by atomic mass is 10.3. The monoisotopic (exact) mass is 197 g/mol. The predicted octanol–water partition coefficient (Wildman–Crippen LogP) is 0.809. The molecule has 0 saturated heterocycles. The average Bonchev–Trinajstić information content (AvgIpc) is 2.52. The number of rotatable bonds is 5. The zero-order valence-corrected chi connectivity index (χ0v) is 8.27. The van der Waals surface area contributed by atoms with Crippen molar-refractivity contribution in [1.29, 1.82) is 0 Å². The van der Waals surface area contributed by atoms with Crippen molar-refractivity contribution in [2.24, 2.45) is 0 Å². The Labute approximate surface area is 82.8 Å². The van der Waals surface area contributed by atoms with Crippen molar-refractivity contribution in [1.82, 2.24) is 9.78 Å². The highest BCUT2D eigenvalue weighted by atomic mass is 16.5. The van der Waals surface area contributed by atoms with Gasteiger partial charge >= 0.3 is 5.97 Å². The molecular weight excluding hydrogens is 182 g/mol. The second-order valence-corrected chi connectivity index (χ2v) is 2.91. The van der Waals surface area contributed by atoms with Crippen molar-refractivity contribution in [2.75, 3.05) is 12.3 Å². The third-order valence-electron chi connectivity index (χ3n) is 1.73. The van der Waals surface area contributed by atoms with Crippen molar-refractivity contribution in [2.45, 2.75) is 26.3 Å². The number of nitrogens with two attached hydrogens (primary N) is 1. The number of esters is 1. The van der Waals surface area contributed by atoms with Crippen molar-refractivity contribution < 1.29 is 9.53 Å². The lowest BCUT2D eigenvalue weighted by Gasteiger charge is -2.01. The number of hydrogen-bond donors (Lipinski definition) is 1. The standard InChI is InChI=1S/C9H15N3O2/c1-2-14-9(13)4-3-6-12-7-5-8(10)11-12/h5,7H,2-4,6H2,1H3,(H2,10,11). The predicted molar refractivity (Wildman–Crippen MR) is 52.5 cm³/mol. The van der Waals surface area contributed by atoms with E-state index in [1.165, 1.54) is 0 Å². The zero-order chi connectivity index (χ0) is 10.4. The molecule has 78 valence electrons. The van der Waals surface area contributed by atoms with E-state index in [2.05, 4.69) is 5.10 Å². The Hall–Kier alpha value is -1.52. The minimum atomic E-state index is -0.160. The molecule has 0 aromatic carbocycles. The first-order valence-electron chi connectivity index (χ1n) is 4.67. The summed E-state index contributed by atoms with van der Waals surface area (Å²) in [4.78, 5) is 11.0. The second kappa shape index (κ2) is 5.26. The van der Waals surface area contributed by atoms with E-state index in [9.17, 15) is 4.79 Å². The molecule has 1 heterocycles. The van der Waals surface area contributed by atoms with Gasteiger partial charge in [0.25, 0.3) is 0 Å². The largest absolute Gasteiger partial charge is 0.466 e. The summed E-state index contributed by atoms with van der Waals surface area (Å²) in [6.07, 6.45) is 2.94. The molecule has 14 heavy (non-hydrogen) atoms. The van der Waals surface area contributed by atoms with E-state index in [-0.39, 0.29) is 5.97 Å². The maximum absolute atomic E-state index is 11.0. The molecule has 0 amide bonds. The molecular formula is C9H15N3O2. The quantitative estimate of drug-likeness (QED) is 0.709. The van der Waals surface area contributed by atoms with Gasteiger partial charge in [-0.3, -0.25) is 9.48 Å². The second-order valence-electron chi connectivity index (χ2n) is 2.91. The molecule has 5 heteroatoms. The van der Waals surface area contributed by atoms with E-state index >= 15 is 0 Å². The fourth-order valence-electron chi connectivity index (χ4n) is 1.12. The molecule has 0 atom stereocenters. The molecule has 0 aliphatic heterocycles. The SMILES string of the molecule is CCOC(=O)CCCn1ccc(N)n1. The molecule has 1 aromatic rings. The molecule has 1 rings (SSSR count). The molecule has 0 spiro atoms. The zero-order valence-electron chi connectivity index (χ0n) is 8.27. The smallest absolute Gasteiger partial charge is 0.305 e.